The summed E-state index contributed by atoms with van der Waals surface area (Å²) in [5.41, 5.74) is 0.676. The van der Waals surface area contributed by atoms with Crippen molar-refractivity contribution >= 4 is 23.2 Å². The highest BCUT2D eigenvalue weighted by atomic mass is 19.4. The van der Waals surface area contributed by atoms with E-state index in [1.807, 2.05) is 0 Å². The summed E-state index contributed by atoms with van der Waals surface area (Å²) in [6, 6.07) is 4.48. The second-order valence-corrected chi connectivity index (χ2v) is 4.61. The number of ether oxygens (including phenoxy) is 2. The maximum absolute atomic E-state index is 12.0. The smallest absolute Gasteiger partial charge is 0.411 e. The molecule has 0 spiro atoms. The third-order valence-corrected chi connectivity index (χ3v) is 2.75. The van der Waals surface area contributed by atoms with Crippen LogP contribution in [0.1, 0.15) is 6.92 Å². The standard InChI is InChI=1S/C13H13F3N2O4/c1-7(22-6-13(14,15)16)12(20)17-8-2-3-10-9(4-8)18-11(19)5-21-10/h2-4,7H,5-6H2,1H3,(H,17,20)(H,18,19)/t7-/m0/s1. The van der Waals surface area contributed by atoms with Crippen molar-refractivity contribution in [1.29, 1.82) is 0 Å². The number of benzene rings is 1. The van der Waals surface area contributed by atoms with E-state index >= 15 is 0 Å². The number of nitrogens with one attached hydrogen (secondary N) is 2. The number of hydrogen-bond donors (Lipinski definition) is 2. The molecule has 1 aromatic rings. The molecule has 9 heteroatoms. The first-order chi connectivity index (χ1) is 10.2. The first-order valence-electron chi connectivity index (χ1n) is 6.30. The number of carbonyl (C=O) groups excluding carboxylic acids is 2. The first kappa shape index (κ1) is 16.1. The molecule has 0 fully saturated rings. The maximum Gasteiger partial charge on any atom is 0.411 e. The molecule has 2 rings (SSSR count). The molecular formula is C13H13F3N2O4. The van der Waals surface area contributed by atoms with E-state index in [0.717, 1.165) is 0 Å². The Kier molecular flexibility index (Phi) is 4.55. The summed E-state index contributed by atoms with van der Waals surface area (Å²) in [5, 5.41) is 4.96. The SMILES string of the molecule is C[C@H](OCC(F)(F)F)C(=O)Nc1ccc2c(c1)NC(=O)CO2. The lowest BCUT2D eigenvalue weighted by Gasteiger charge is -2.19. The molecule has 0 aromatic heterocycles. The molecule has 22 heavy (non-hydrogen) atoms. The van der Waals surface area contributed by atoms with Crippen LogP contribution in [0.15, 0.2) is 18.2 Å². The summed E-state index contributed by atoms with van der Waals surface area (Å²) in [6.45, 7) is -0.388. The molecule has 1 heterocycles. The average molecular weight is 318 g/mol. The quantitative estimate of drug-likeness (QED) is 0.889. The van der Waals surface area contributed by atoms with E-state index in [2.05, 4.69) is 15.4 Å². The molecule has 0 saturated heterocycles. The number of anilines is 2. The van der Waals surface area contributed by atoms with E-state index < -0.39 is 24.8 Å². The van der Waals surface area contributed by atoms with Gasteiger partial charge in [-0.3, -0.25) is 9.59 Å². The Morgan fingerprint density at radius 2 is 2.23 bits per heavy atom. The number of halogens is 3. The third-order valence-electron chi connectivity index (χ3n) is 2.75. The molecule has 2 amide bonds. The van der Waals surface area contributed by atoms with Crippen LogP contribution in [0.3, 0.4) is 0 Å². The summed E-state index contributed by atoms with van der Waals surface area (Å²) in [6.07, 6.45) is -5.77. The molecule has 1 aliphatic rings. The first-order valence-corrected chi connectivity index (χ1v) is 6.30. The molecule has 2 N–H and O–H groups in total. The van der Waals surface area contributed by atoms with Crippen molar-refractivity contribution < 1.29 is 32.2 Å². The maximum atomic E-state index is 12.0. The van der Waals surface area contributed by atoms with Gasteiger partial charge in [0.25, 0.3) is 11.8 Å². The zero-order valence-corrected chi connectivity index (χ0v) is 11.5. The number of amides is 2. The molecule has 1 aromatic carbocycles. The van der Waals surface area contributed by atoms with Crippen LogP contribution in [-0.4, -0.2) is 37.3 Å². The second-order valence-electron chi connectivity index (χ2n) is 4.61. The second kappa shape index (κ2) is 6.22. The van der Waals surface area contributed by atoms with Crippen molar-refractivity contribution in [2.45, 2.75) is 19.2 Å². The van der Waals surface area contributed by atoms with E-state index in [9.17, 15) is 22.8 Å². The number of fused-ring (bicyclic) bond motifs is 1. The summed E-state index contributed by atoms with van der Waals surface area (Å²) in [7, 11) is 0. The zero-order chi connectivity index (χ0) is 16.3. The largest absolute Gasteiger partial charge is 0.482 e. The van der Waals surface area contributed by atoms with Crippen molar-refractivity contribution in [3.63, 3.8) is 0 Å². The Hall–Kier alpha value is -2.29. The van der Waals surface area contributed by atoms with Crippen LogP contribution in [0.2, 0.25) is 0 Å². The van der Waals surface area contributed by atoms with Gasteiger partial charge in [0, 0.05) is 5.69 Å². The topological polar surface area (TPSA) is 76.7 Å². The van der Waals surface area contributed by atoms with Crippen molar-refractivity contribution in [3.05, 3.63) is 18.2 Å². The number of carbonyl (C=O) groups is 2. The van der Waals surface area contributed by atoms with Gasteiger partial charge < -0.3 is 20.1 Å². The van der Waals surface area contributed by atoms with E-state index in [0.29, 0.717) is 17.1 Å². The van der Waals surface area contributed by atoms with Crippen LogP contribution in [0.4, 0.5) is 24.5 Å². The van der Waals surface area contributed by atoms with Gasteiger partial charge >= 0.3 is 6.18 Å². The summed E-state index contributed by atoms with van der Waals surface area (Å²) in [4.78, 5) is 22.9. The van der Waals surface area contributed by atoms with E-state index in [1.165, 1.54) is 25.1 Å². The Labute approximate surface area is 123 Å². The predicted octanol–water partition coefficient (Wildman–Crippen LogP) is 1.92. The molecule has 1 atom stereocenters. The number of alkyl halides is 3. The number of hydrogen-bond acceptors (Lipinski definition) is 4. The molecule has 0 bridgehead atoms. The lowest BCUT2D eigenvalue weighted by molar-refractivity contribution is -0.184. The van der Waals surface area contributed by atoms with Gasteiger partial charge in [-0.05, 0) is 25.1 Å². The molecule has 120 valence electrons. The summed E-state index contributed by atoms with van der Waals surface area (Å²) >= 11 is 0. The summed E-state index contributed by atoms with van der Waals surface area (Å²) < 4.78 is 45.6. The van der Waals surface area contributed by atoms with E-state index in [1.54, 1.807) is 0 Å². The summed E-state index contributed by atoms with van der Waals surface area (Å²) in [5.74, 6) is -0.621. The van der Waals surface area contributed by atoms with Crippen LogP contribution in [0, 0.1) is 0 Å². The fourth-order valence-electron chi connectivity index (χ4n) is 1.70. The molecule has 6 nitrogen and oxygen atoms in total. The highest BCUT2D eigenvalue weighted by Crippen LogP contribution is 2.30. The van der Waals surface area contributed by atoms with Gasteiger partial charge in [0.05, 0.1) is 5.69 Å². The van der Waals surface area contributed by atoms with Crippen molar-refractivity contribution in [2.75, 3.05) is 23.8 Å². The van der Waals surface area contributed by atoms with Crippen LogP contribution in [-0.2, 0) is 14.3 Å². The van der Waals surface area contributed by atoms with Gasteiger partial charge in [0.15, 0.2) is 6.61 Å². The predicted molar refractivity (Wildman–Crippen MR) is 70.7 cm³/mol. The molecule has 1 aliphatic heterocycles. The molecule has 0 aliphatic carbocycles. The van der Waals surface area contributed by atoms with Crippen molar-refractivity contribution in [3.8, 4) is 5.75 Å². The number of rotatable bonds is 4. The normalized spacial score (nSPS) is 15.4. The van der Waals surface area contributed by atoms with Gasteiger partial charge in [0.1, 0.15) is 18.5 Å². The van der Waals surface area contributed by atoms with Crippen molar-refractivity contribution in [1.82, 2.24) is 0 Å². The Bertz CT molecular complexity index is 589. The highest BCUT2D eigenvalue weighted by molar-refractivity contribution is 5.98. The molecule has 0 saturated carbocycles. The van der Waals surface area contributed by atoms with Crippen molar-refractivity contribution in [2.24, 2.45) is 0 Å². The van der Waals surface area contributed by atoms with Gasteiger partial charge in [0.2, 0.25) is 0 Å². The fourth-order valence-corrected chi connectivity index (χ4v) is 1.70. The van der Waals surface area contributed by atoms with Crippen LogP contribution in [0.5, 0.6) is 5.75 Å². The minimum Gasteiger partial charge on any atom is -0.482 e. The van der Waals surface area contributed by atoms with Crippen LogP contribution in [0.25, 0.3) is 0 Å². The average Bonchev–Trinajstić information content (AvgIpc) is 2.43. The third kappa shape index (κ3) is 4.35. The van der Waals surface area contributed by atoms with Crippen LogP contribution >= 0.6 is 0 Å². The van der Waals surface area contributed by atoms with Gasteiger partial charge in [-0.1, -0.05) is 0 Å². The minimum atomic E-state index is -4.50. The lowest BCUT2D eigenvalue weighted by atomic mass is 10.2. The molecular weight excluding hydrogens is 305 g/mol. The van der Waals surface area contributed by atoms with E-state index in [-0.39, 0.29) is 12.5 Å². The van der Waals surface area contributed by atoms with Gasteiger partial charge in [-0.2, -0.15) is 13.2 Å². The van der Waals surface area contributed by atoms with Gasteiger partial charge in [-0.25, -0.2) is 0 Å². The Balaban J connectivity index is 1.97. The minimum absolute atomic E-state index is 0.0962. The van der Waals surface area contributed by atoms with Gasteiger partial charge in [-0.15, -0.1) is 0 Å². The molecule has 0 radical (unpaired) electrons. The van der Waals surface area contributed by atoms with E-state index in [4.69, 9.17) is 4.74 Å². The zero-order valence-electron chi connectivity index (χ0n) is 11.5. The Morgan fingerprint density at radius 3 is 2.91 bits per heavy atom. The molecule has 0 unspecified atom stereocenters. The van der Waals surface area contributed by atoms with Crippen LogP contribution < -0.4 is 15.4 Å². The monoisotopic (exact) mass is 318 g/mol. The lowest BCUT2D eigenvalue weighted by Crippen LogP contribution is -2.31. The Morgan fingerprint density at radius 1 is 1.50 bits per heavy atom. The fraction of sp³-hybridized carbons (Fsp3) is 0.385. The highest BCUT2D eigenvalue weighted by Gasteiger charge is 2.30.